The van der Waals surface area contributed by atoms with Crippen molar-refractivity contribution < 1.29 is 0 Å². The fourth-order valence-corrected chi connectivity index (χ4v) is 2.40. The second-order valence-electron chi connectivity index (χ2n) is 5.01. The minimum atomic E-state index is 0.818. The lowest BCUT2D eigenvalue weighted by atomic mass is 10.2. The Balaban J connectivity index is 1.46. The minimum absolute atomic E-state index is 0.818. The molecule has 0 saturated heterocycles. The normalized spacial score (nSPS) is 18.1. The van der Waals surface area contributed by atoms with Crippen molar-refractivity contribution >= 4 is 5.82 Å². The molecule has 1 aromatic rings. The van der Waals surface area contributed by atoms with Gasteiger partial charge in [-0.15, -0.1) is 0 Å². The lowest BCUT2D eigenvalue weighted by molar-refractivity contribution is 0.658. The van der Waals surface area contributed by atoms with Gasteiger partial charge in [0.15, 0.2) is 0 Å². The van der Waals surface area contributed by atoms with Crippen molar-refractivity contribution in [3.8, 4) is 0 Å². The summed E-state index contributed by atoms with van der Waals surface area (Å²) in [5.41, 5.74) is 2.60. The van der Waals surface area contributed by atoms with Crippen LogP contribution in [-0.2, 0) is 12.8 Å². The lowest BCUT2D eigenvalue weighted by Crippen LogP contribution is -2.20. The molecule has 0 spiro atoms. The van der Waals surface area contributed by atoms with Gasteiger partial charge in [0.1, 0.15) is 12.1 Å². The average molecular weight is 232 g/mol. The first-order valence-electron chi connectivity index (χ1n) is 6.73. The molecule has 2 aliphatic carbocycles. The highest BCUT2D eigenvalue weighted by molar-refractivity contribution is 5.47. The molecule has 1 fully saturated rings. The van der Waals surface area contributed by atoms with E-state index in [1.165, 1.54) is 30.5 Å². The molecule has 0 aromatic carbocycles. The molecule has 92 valence electrons. The van der Waals surface area contributed by atoms with Crippen LogP contribution in [0.4, 0.5) is 5.82 Å². The van der Waals surface area contributed by atoms with Gasteiger partial charge in [0, 0.05) is 23.8 Å². The maximum Gasteiger partial charge on any atom is 0.132 e. The van der Waals surface area contributed by atoms with Crippen molar-refractivity contribution in [3.63, 3.8) is 0 Å². The van der Waals surface area contributed by atoms with E-state index >= 15 is 0 Å². The van der Waals surface area contributed by atoms with Crippen molar-refractivity contribution in [2.75, 3.05) is 18.4 Å². The van der Waals surface area contributed by atoms with Crippen molar-refractivity contribution in [2.45, 2.75) is 44.6 Å². The average Bonchev–Trinajstić information content (AvgIpc) is 3.04. The molecule has 4 nitrogen and oxygen atoms in total. The first kappa shape index (κ1) is 11.0. The highest BCUT2D eigenvalue weighted by Gasteiger charge is 2.19. The Kier molecular flexibility index (Phi) is 3.22. The van der Waals surface area contributed by atoms with Crippen LogP contribution in [0.15, 0.2) is 6.33 Å². The van der Waals surface area contributed by atoms with E-state index in [0.717, 1.165) is 44.2 Å². The highest BCUT2D eigenvalue weighted by Crippen LogP contribution is 2.24. The van der Waals surface area contributed by atoms with Gasteiger partial charge in [-0.25, -0.2) is 9.97 Å². The molecule has 0 unspecified atom stereocenters. The summed E-state index contributed by atoms with van der Waals surface area (Å²) in [7, 11) is 0. The van der Waals surface area contributed by atoms with Gasteiger partial charge in [-0.1, -0.05) is 0 Å². The summed E-state index contributed by atoms with van der Waals surface area (Å²) in [6.45, 7) is 2.12. The largest absolute Gasteiger partial charge is 0.370 e. The van der Waals surface area contributed by atoms with Gasteiger partial charge in [-0.05, 0) is 45.1 Å². The van der Waals surface area contributed by atoms with E-state index in [2.05, 4.69) is 20.6 Å². The van der Waals surface area contributed by atoms with Gasteiger partial charge in [-0.3, -0.25) is 0 Å². The molecule has 1 aromatic heterocycles. The van der Waals surface area contributed by atoms with E-state index in [1.54, 1.807) is 6.33 Å². The Bertz CT molecular complexity index is 387. The summed E-state index contributed by atoms with van der Waals surface area (Å²) < 4.78 is 0. The fourth-order valence-electron chi connectivity index (χ4n) is 2.40. The predicted octanol–water partition coefficient (Wildman–Crippen LogP) is 1.52. The van der Waals surface area contributed by atoms with Crippen LogP contribution in [0, 0.1) is 0 Å². The molecular weight excluding hydrogens is 212 g/mol. The summed E-state index contributed by atoms with van der Waals surface area (Å²) >= 11 is 0. The standard InChI is InChI=1S/C13H20N4/c1-3-11-12(4-1)16-9-17-13(11)15-8-2-7-14-10-5-6-10/h9-10,14H,1-8H2,(H,15,16,17). The molecule has 1 heterocycles. The number of rotatable bonds is 6. The van der Waals surface area contributed by atoms with Gasteiger partial charge >= 0.3 is 0 Å². The topological polar surface area (TPSA) is 49.8 Å². The highest BCUT2D eigenvalue weighted by atomic mass is 15.0. The van der Waals surface area contributed by atoms with Crippen molar-refractivity contribution in [3.05, 3.63) is 17.6 Å². The smallest absolute Gasteiger partial charge is 0.132 e. The first-order valence-corrected chi connectivity index (χ1v) is 6.73. The first-order chi connectivity index (χ1) is 8.43. The fraction of sp³-hybridized carbons (Fsp3) is 0.692. The lowest BCUT2D eigenvalue weighted by Gasteiger charge is -2.09. The number of hydrogen-bond donors (Lipinski definition) is 2. The Morgan fingerprint density at radius 1 is 1.18 bits per heavy atom. The van der Waals surface area contributed by atoms with E-state index < -0.39 is 0 Å². The summed E-state index contributed by atoms with van der Waals surface area (Å²) in [4.78, 5) is 8.69. The number of anilines is 1. The SMILES string of the molecule is c1nc2c(c(NCCCNC3CC3)n1)CCC2. The molecule has 1 saturated carbocycles. The van der Waals surface area contributed by atoms with Crippen LogP contribution in [0.3, 0.4) is 0 Å². The van der Waals surface area contributed by atoms with Crippen LogP contribution in [0.25, 0.3) is 0 Å². The number of nitrogens with one attached hydrogen (secondary N) is 2. The zero-order valence-corrected chi connectivity index (χ0v) is 10.2. The van der Waals surface area contributed by atoms with Gasteiger partial charge in [0.2, 0.25) is 0 Å². The monoisotopic (exact) mass is 232 g/mol. The van der Waals surface area contributed by atoms with E-state index in [4.69, 9.17) is 0 Å². The maximum atomic E-state index is 4.35. The zero-order chi connectivity index (χ0) is 11.5. The quantitative estimate of drug-likeness (QED) is 0.730. The molecule has 0 aliphatic heterocycles. The number of hydrogen-bond acceptors (Lipinski definition) is 4. The Morgan fingerprint density at radius 2 is 2.12 bits per heavy atom. The molecule has 0 amide bonds. The van der Waals surface area contributed by atoms with Crippen molar-refractivity contribution in [2.24, 2.45) is 0 Å². The van der Waals surface area contributed by atoms with Crippen LogP contribution in [0.5, 0.6) is 0 Å². The molecule has 0 bridgehead atoms. The molecule has 3 rings (SSSR count). The van der Waals surface area contributed by atoms with Crippen molar-refractivity contribution in [1.29, 1.82) is 0 Å². The second-order valence-corrected chi connectivity index (χ2v) is 5.01. The molecule has 2 aliphatic rings. The van der Waals surface area contributed by atoms with E-state index in [1.807, 2.05) is 0 Å². The van der Waals surface area contributed by atoms with E-state index in [0.29, 0.717) is 0 Å². The summed E-state index contributed by atoms with van der Waals surface area (Å²) in [5.74, 6) is 1.07. The number of fused-ring (bicyclic) bond motifs is 1. The van der Waals surface area contributed by atoms with Crippen LogP contribution >= 0.6 is 0 Å². The molecule has 0 radical (unpaired) electrons. The third-order valence-corrected chi connectivity index (χ3v) is 3.53. The second kappa shape index (κ2) is 5.00. The molecule has 2 N–H and O–H groups in total. The summed E-state index contributed by atoms with van der Waals surface area (Å²) in [6.07, 6.45) is 9.07. The summed E-state index contributed by atoms with van der Waals surface area (Å²) in [6, 6.07) is 0.818. The van der Waals surface area contributed by atoms with Crippen molar-refractivity contribution in [1.82, 2.24) is 15.3 Å². The Morgan fingerprint density at radius 3 is 3.00 bits per heavy atom. The van der Waals surface area contributed by atoms with Crippen LogP contribution < -0.4 is 10.6 Å². The van der Waals surface area contributed by atoms with Crippen LogP contribution in [0.1, 0.15) is 36.9 Å². The zero-order valence-electron chi connectivity index (χ0n) is 10.2. The number of nitrogens with zero attached hydrogens (tertiary/aromatic N) is 2. The third kappa shape index (κ3) is 2.75. The number of aryl methyl sites for hydroxylation is 1. The van der Waals surface area contributed by atoms with Crippen LogP contribution in [-0.4, -0.2) is 29.1 Å². The van der Waals surface area contributed by atoms with Crippen LogP contribution in [0.2, 0.25) is 0 Å². The Labute approximate surface area is 102 Å². The summed E-state index contributed by atoms with van der Waals surface area (Å²) in [5, 5.41) is 6.97. The maximum absolute atomic E-state index is 4.35. The molecular formula is C13H20N4. The predicted molar refractivity (Wildman–Crippen MR) is 68.2 cm³/mol. The van der Waals surface area contributed by atoms with Gasteiger partial charge in [-0.2, -0.15) is 0 Å². The van der Waals surface area contributed by atoms with E-state index in [9.17, 15) is 0 Å². The molecule has 17 heavy (non-hydrogen) atoms. The molecule has 0 atom stereocenters. The van der Waals surface area contributed by atoms with Gasteiger partial charge in [0.05, 0.1) is 0 Å². The molecule has 4 heteroatoms. The Hall–Kier alpha value is -1.16. The number of aromatic nitrogens is 2. The third-order valence-electron chi connectivity index (χ3n) is 3.53. The van der Waals surface area contributed by atoms with Gasteiger partial charge < -0.3 is 10.6 Å². The van der Waals surface area contributed by atoms with Gasteiger partial charge in [0.25, 0.3) is 0 Å². The van der Waals surface area contributed by atoms with E-state index in [-0.39, 0.29) is 0 Å². The minimum Gasteiger partial charge on any atom is -0.370 e.